The molecule has 1 saturated heterocycles. The van der Waals surface area contributed by atoms with Crippen molar-refractivity contribution in [3.8, 4) is 0 Å². The van der Waals surface area contributed by atoms with Crippen molar-refractivity contribution >= 4 is 17.3 Å². The van der Waals surface area contributed by atoms with Crippen LogP contribution in [-0.4, -0.2) is 53.0 Å². The van der Waals surface area contributed by atoms with Crippen LogP contribution in [-0.2, 0) is 0 Å². The molecule has 0 unspecified atom stereocenters. The second-order valence-electron chi connectivity index (χ2n) is 4.82. The fourth-order valence-electron chi connectivity index (χ4n) is 2.32. The van der Waals surface area contributed by atoms with E-state index in [4.69, 9.17) is 16.7 Å². The number of nitrogens with zero attached hydrogens (tertiary/aromatic N) is 2. The molecule has 1 aliphatic heterocycles. The zero-order chi connectivity index (χ0) is 13.7. The molecule has 3 N–H and O–H groups in total. The van der Waals surface area contributed by atoms with Crippen LogP contribution in [0.1, 0.15) is 12.8 Å². The summed E-state index contributed by atoms with van der Waals surface area (Å²) < 4.78 is 0. The Labute approximate surface area is 116 Å². The Morgan fingerprint density at radius 3 is 2.95 bits per heavy atom. The second-order valence-corrected chi connectivity index (χ2v) is 5.19. The number of H-pyrrole nitrogens is 1. The molecule has 0 radical (unpaired) electrons. The summed E-state index contributed by atoms with van der Waals surface area (Å²) in [4.78, 5) is 13.5. The van der Waals surface area contributed by atoms with E-state index in [0.29, 0.717) is 11.6 Å². The molecule has 7 heteroatoms. The number of hydrogen-bond donors (Lipinski definition) is 3. The minimum absolute atomic E-state index is 0.160. The van der Waals surface area contributed by atoms with Crippen LogP contribution in [0.3, 0.4) is 0 Å². The number of aliphatic hydroxyl groups excluding tert-OH is 1. The number of hydrogen-bond acceptors (Lipinski definition) is 5. The lowest BCUT2D eigenvalue weighted by Gasteiger charge is -2.31. The van der Waals surface area contributed by atoms with Crippen LogP contribution in [0.5, 0.6) is 0 Å². The van der Waals surface area contributed by atoms with Crippen LogP contribution >= 0.6 is 11.6 Å². The Morgan fingerprint density at radius 2 is 2.26 bits per heavy atom. The van der Waals surface area contributed by atoms with E-state index in [1.54, 1.807) is 0 Å². The van der Waals surface area contributed by atoms with Crippen LogP contribution in [0.2, 0.25) is 5.02 Å². The first-order valence-electron chi connectivity index (χ1n) is 6.51. The summed E-state index contributed by atoms with van der Waals surface area (Å²) in [5.41, 5.74) is 0.215. The van der Waals surface area contributed by atoms with E-state index < -0.39 is 0 Å². The first kappa shape index (κ1) is 14.3. The highest BCUT2D eigenvalue weighted by Crippen LogP contribution is 2.20. The van der Waals surface area contributed by atoms with Crippen LogP contribution in [0, 0.1) is 5.92 Å². The fraction of sp³-hybridized carbons (Fsp3) is 0.667. The van der Waals surface area contributed by atoms with E-state index in [9.17, 15) is 4.79 Å². The Morgan fingerprint density at radius 1 is 1.53 bits per heavy atom. The van der Waals surface area contributed by atoms with Crippen molar-refractivity contribution in [2.75, 3.05) is 38.1 Å². The molecule has 0 spiro atoms. The third-order valence-electron chi connectivity index (χ3n) is 3.50. The minimum Gasteiger partial charge on any atom is -0.395 e. The van der Waals surface area contributed by atoms with E-state index in [2.05, 4.69) is 20.4 Å². The smallest absolute Gasteiger partial charge is 0.285 e. The number of piperidine rings is 1. The highest BCUT2D eigenvalue weighted by molar-refractivity contribution is 6.32. The highest BCUT2D eigenvalue weighted by atomic mass is 35.5. The van der Waals surface area contributed by atoms with Crippen molar-refractivity contribution in [1.29, 1.82) is 0 Å². The third kappa shape index (κ3) is 3.92. The summed E-state index contributed by atoms with van der Waals surface area (Å²) >= 11 is 5.89. The van der Waals surface area contributed by atoms with Crippen molar-refractivity contribution in [2.24, 2.45) is 5.92 Å². The number of halogens is 1. The third-order valence-corrected chi connectivity index (χ3v) is 3.88. The highest BCUT2D eigenvalue weighted by Gasteiger charge is 2.18. The van der Waals surface area contributed by atoms with E-state index >= 15 is 0 Å². The van der Waals surface area contributed by atoms with Gasteiger partial charge in [0.25, 0.3) is 5.56 Å². The molecule has 2 heterocycles. The van der Waals surface area contributed by atoms with Crippen molar-refractivity contribution in [2.45, 2.75) is 12.8 Å². The van der Waals surface area contributed by atoms with E-state index in [1.165, 1.54) is 6.20 Å². The number of rotatable bonds is 5. The number of aliphatic hydroxyl groups is 1. The molecular formula is C12H19ClN4O2. The number of nitrogens with one attached hydrogen (secondary N) is 2. The molecule has 0 aliphatic carbocycles. The van der Waals surface area contributed by atoms with Crippen molar-refractivity contribution in [1.82, 2.24) is 15.1 Å². The molecule has 1 aliphatic rings. The monoisotopic (exact) mass is 286 g/mol. The van der Waals surface area contributed by atoms with Gasteiger partial charge in [0.05, 0.1) is 18.5 Å². The number of anilines is 1. The van der Waals surface area contributed by atoms with Gasteiger partial charge in [0.1, 0.15) is 5.02 Å². The molecule has 0 bridgehead atoms. The quantitative estimate of drug-likeness (QED) is 0.736. The predicted molar refractivity (Wildman–Crippen MR) is 74.6 cm³/mol. The first-order chi connectivity index (χ1) is 9.20. The molecule has 0 atom stereocenters. The average Bonchev–Trinajstić information content (AvgIpc) is 2.42. The van der Waals surface area contributed by atoms with Gasteiger partial charge in [-0.2, -0.15) is 5.10 Å². The maximum absolute atomic E-state index is 11.3. The second kappa shape index (κ2) is 6.88. The molecule has 0 amide bonds. The molecule has 1 fully saturated rings. The van der Waals surface area contributed by atoms with Gasteiger partial charge >= 0.3 is 0 Å². The molecule has 0 saturated carbocycles. The Balaban J connectivity index is 1.81. The van der Waals surface area contributed by atoms with Crippen molar-refractivity contribution in [3.05, 3.63) is 21.6 Å². The number of aromatic amines is 1. The minimum atomic E-state index is -0.371. The average molecular weight is 287 g/mol. The van der Waals surface area contributed by atoms with Gasteiger partial charge in [0.2, 0.25) is 0 Å². The first-order valence-corrected chi connectivity index (χ1v) is 6.88. The predicted octanol–water partition coefficient (Wildman–Crippen LogP) is 0.539. The van der Waals surface area contributed by atoms with Gasteiger partial charge < -0.3 is 15.3 Å². The molecule has 2 rings (SSSR count). The van der Waals surface area contributed by atoms with Crippen LogP contribution in [0.25, 0.3) is 0 Å². The lowest BCUT2D eigenvalue weighted by atomic mass is 9.97. The summed E-state index contributed by atoms with van der Waals surface area (Å²) in [6, 6.07) is 0. The maximum atomic E-state index is 11.3. The molecule has 1 aromatic heterocycles. The number of likely N-dealkylation sites (tertiary alicyclic amines) is 1. The molecule has 106 valence electrons. The summed E-state index contributed by atoms with van der Waals surface area (Å²) in [6.45, 7) is 3.78. The topological polar surface area (TPSA) is 81.2 Å². The Kier molecular flexibility index (Phi) is 5.18. The zero-order valence-corrected chi connectivity index (χ0v) is 11.5. The van der Waals surface area contributed by atoms with Crippen LogP contribution in [0.15, 0.2) is 11.0 Å². The van der Waals surface area contributed by atoms with E-state index in [1.807, 2.05) is 0 Å². The van der Waals surface area contributed by atoms with Gasteiger partial charge in [-0.05, 0) is 31.8 Å². The van der Waals surface area contributed by atoms with Crippen LogP contribution in [0.4, 0.5) is 5.69 Å². The van der Waals surface area contributed by atoms with E-state index in [-0.39, 0.29) is 17.2 Å². The molecule has 0 aromatic carbocycles. The largest absolute Gasteiger partial charge is 0.395 e. The van der Waals surface area contributed by atoms with Gasteiger partial charge in [0.15, 0.2) is 0 Å². The number of β-amino-alcohol motifs (C(OH)–C–C–N with tert-alkyl or cyclic N) is 1. The van der Waals surface area contributed by atoms with E-state index in [0.717, 1.165) is 39.0 Å². The van der Waals surface area contributed by atoms with Gasteiger partial charge in [-0.1, -0.05) is 11.6 Å². The van der Waals surface area contributed by atoms with Gasteiger partial charge in [0, 0.05) is 13.1 Å². The van der Waals surface area contributed by atoms with Crippen molar-refractivity contribution in [3.63, 3.8) is 0 Å². The fourth-order valence-corrected chi connectivity index (χ4v) is 2.47. The zero-order valence-electron chi connectivity index (χ0n) is 10.7. The van der Waals surface area contributed by atoms with Gasteiger partial charge in [-0.15, -0.1) is 0 Å². The SMILES string of the molecule is O=c1[nH]ncc(NCC2CCN(CCO)CC2)c1Cl. The van der Waals surface area contributed by atoms with Crippen LogP contribution < -0.4 is 10.9 Å². The molecule has 19 heavy (non-hydrogen) atoms. The molecular weight excluding hydrogens is 268 g/mol. The Hall–Kier alpha value is -1.11. The van der Waals surface area contributed by atoms with Gasteiger partial charge in [-0.3, -0.25) is 4.79 Å². The standard InChI is InChI=1S/C12H19ClN4O2/c13-11-10(8-15-16-12(11)19)14-7-9-1-3-17(4-2-9)5-6-18/h8-9,18H,1-7H2,(H2,14,16,19). The van der Waals surface area contributed by atoms with Crippen molar-refractivity contribution < 1.29 is 5.11 Å². The summed E-state index contributed by atoms with van der Waals surface area (Å²) in [5, 5.41) is 18.2. The van der Waals surface area contributed by atoms with Gasteiger partial charge in [-0.25, -0.2) is 5.10 Å². The lowest BCUT2D eigenvalue weighted by molar-refractivity contribution is 0.151. The molecule has 1 aromatic rings. The Bertz CT molecular complexity index is 457. The summed E-state index contributed by atoms with van der Waals surface area (Å²) in [5.74, 6) is 0.560. The lowest BCUT2D eigenvalue weighted by Crippen LogP contribution is -2.37. The maximum Gasteiger partial charge on any atom is 0.285 e. The summed E-state index contributed by atoms with van der Waals surface area (Å²) in [6.07, 6.45) is 3.70. The normalized spacial score (nSPS) is 17.6. The summed E-state index contributed by atoms with van der Waals surface area (Å²) in [7, 11) is 0. The number of aromatic nitrogens is 2. The molecule has 6 nitrogen and oxygen atoms in total.